The van der Waals surface area contributed by atoms with E-state index in [-0.39, 0.29) is 0 Å². The smallest absolute Gasteiger partial charge is 0.00725 e. The maximum absolute atomic E-state index is 6.18. The zero-order chi connectivity index (χ0) is 9.10. The molecule has 2 rings (SSSR count). The van der Waals surface area contributed by atoms with Crippen molar-refractivity contribution in [2.45, 2.75) is 57.4 Å². The Hall–Kier alpha value is -0.0400. The summed E-state index contributed by atoms with van der Waals surface area (Å²) in [6, 6.07) is 0.483. The van der Waals surface area contributed by atoms with Gasteiger partial charge in [0.25, 0.3) is 0 Å². The van der Waals surface area contributed by atoms with Gasteiger partial charge in [-0.1, -0.05) is 32.1 Å². The van der Waals surface area contributed by atoms with E-state index in [0.717, 1.165) is 11.8 Å². The van der Waals surface area contributed by atoms with Gasteiger partial charge in [-0.3, -0.25) is 0 Å². The fourth-order valence-corrected chi connectivity index (χ4v) is 3.16. The largest absolute Gasteiger partial charge is 0.327 e. The highest BCUT2D eigenvalue weighted by Gasteiger charge is 2.30. The Kier molecular flexibility index (Phi) is 3.26. The van der Waals surface area contributed by atoms with Gasteiger partial charge in [0.05, 0.1) is 0 Å². The number of hydrogen-bond acceptors (Lipinski definition) is 1. The Morgan fingerprint density at radius 2 is 1.77 bits per heavy atom. The highest BCUT2D eigenvalue weighted by atomic mass is 14.7. The van der Waals surface area contributed by atoms with Gasteiger partial charge >= 0.3 is 0 Å². The molecule has 0 spiro atoms. The first kappa shape index (κ1) is 9.51. The van der Waals surface area contributed by atoms with Crippen LogP contribution in [-0.2, 0) is 0 Å². The second kappa shape index (κ2) is 4.45. The summed E-state index contributed by atoms with van der Waals surface area (Å²) >= 11 is 0. The first-order valence-corrected chi connectivity index (χ1v) is 5.95. The summed E-state index contributed by atoms with van der Waals surface area (Å²) in [5.41, 5.74) is 6.18. The quantitative estimate of drug-likeness (QED) is 0.659. The van der Waals surface area contributed by atoms with Crippen LogP contribution in [0.4, 0.5) is 0 Å². The van der Waals surface area contributed by atoms with E-state index < -0.39 is 0 Å². The lowest BCUT2D eigenvalue weighted by Gasteiger charge is -2.37. The predicted molar refractivity (Wildman–Crippen MR) is 56.2 cm³/mol. The van der Waals surface area contributed by atoms with Crippen LogP contribution < -0.4 is 5.73 Å². The van der Waals surface area contributed by atoms with E-state index in [0.29, 0.717) is 6.04 Å². The molecule has 75 valence electrons. The topological polar surface area (TPSA) is 26.0 Å². The molecular weight excluding hydrogens is 158 g/mol. The zero-order valence-corrected chi connectivity index (χ0v) is 8.54. The molecule has 2 aliphatic rings. The van der Waals surface area contributed by atoms with Gasteiger partial charge in [0.2, 0.25) is 0 Å². The molecule has 1 radical (unpaired) electrons. The Labute approximate surface area is 82.1 Å². The highest BCUT2D eigenvalue weighted by molar-refractivity contribution is 4.90. The molecule has 2 atom stereocenters. The average molecular weight is 180 g/mol. The van der Waals surface area contributed by atoms with Crippen LogP contribution in [0, 0.1) is 18.3 Å². The van der Waals surface area contributed by atoms with Gasteiger partial charge in [-0.15, -0.1) is 0 Å². The maximum atomic E-state index is 6.18. The predicted octanol–water partition coefficient (Wildman–Crippen LogP) is 2.90. The fourth-order valence-electron chi connectivity index (χ4n) is 3.16. The summed E-state index contributed by atoms with van der Waals surface area (Å²) < 4.78 is 0. The molecule has 0 aromatic heterocycles. The molecule has 2 aliphatic carbocycles. The van der Waals surface area contributed by atoms with Crippen molar-refractivity contribution < 1.29 is 0 Å². The van der Waals surface area contributed by atoms with Crippen molar-refractivity contribution in [2.75, 3.05) is 0 Å². The van der Waals surface area contributed by atoms with E-state index in [1.165, 1.54) is 51.4 Å². The summed E-state index contributed by atoms with van der Waals surface area (Å²) in [5.74, 6) is 1.82. The SMILES string of the molecule is NC1C[CH]CCC1C1CCCCC1. The van der Waals surface area contributed by atoms with E-state index in [2.05, 4.69) is 6.42 Å². The van der Waals surface area contributed by atoms with Gasteiger partial charge in [-0.2, -0.15) is 0 Å². The summed E-state index contributed by atoms with van der Waals surface area (Å²) in [5, 5.41) is 0. The maximum Gasteiger partial charge on any atom is 0.00725 e. The number of nitrogens with two attached hydrogens (primary N) is 1. The lowest BCUT2D eigenvalue weighted by molar-refractivity contribution is 0.187. The molecule has 1 nitrogen and oxygen atoms in total. The molecule has 2 fully saturated rings. The lowest BCUT2D eigenvalue weighted by atomic mass is 9.71. The van der Waals surface area contributed by atoms with Crippen LogP contribution in [0.5, 0.6) is 0 Å². The minimum absolute atomic E-state index is 0.483. The van der Waals surface area contributed by atoms with Crippen LogP contribution >= 0.6 is 0 Å². The normalized spacial score (nSPS) is 37.6. The average Bonchev–Trinajstić information content (AvgIpc) is 2.20. The second-order valence-corrected chi connectivity index (χ2v) is 4.83. The summed E-state index contributed by atoms with van der Waals surface area (Å²) in [6.45, 7) is 0. The Morgan fingerprint density at radius 1 is 1.00 bits per heavy atom. The van der Waals surface area contributed by atoms with Crippen molar-refractivity contribution in [1.29, 1.82) is 0 Å². The van der Waals surface area contributed by atoms with Gasteiger partial charge in [-0.25, -0.2) is 0 Å². The molecule has 2 N–H and O–H groups in total. The molecule has 0 heterocycles. The molecule has 0 aliphatic heterocycles. The first-order chi connectivity index (χ1) is 6.38. The molecule has 0 amide bonds. The monoisotopic (exact) mass is 180 g/mol. The van der Waals surface area contributed by atoms with Crippen molar-refractivity contribution in [3.8, 4) is 0 Å². The Balaban J connectivity index is 1.88. The van der Waals surface area contributed by atoms with Crippen LogP contribution in [0.3, 0.4) is 0 Å². The third-order valence-corrected chi connectivity index (χ3v) is 3.95. The van der Waals surface area contributed by atoms with Crippen molar-refractivity contribution in [3.63, 3.8) is 0 Å². The van der Waals surface area contributed by atoms with Crippen LogP contribution in [0.15, 0.2) is 0 Å². The molecule has 0 aromatic rings. The number of hydrogen-bond donors (Lipinski definition) is 1. The second-order valence-electron chi connectivity index (χ2n) is 4.83. The van der Waals surface area contributed by atoms with E-state index in [4.69, 9.17) is 5.73 Å². The summed E-state index contributed by atoms with van der Waals surface area (Å²) in [6.07, 6.45) is 13.5. The Morgan fingerprint density at radius 3 is 2.46 bits per heavy atom. The minimum Gasteiger partial charge on any atom is -0.327 e. The molecule has 2 saturated carbocycles. The third kappa shape index (κ3) is 2.25. The van der Waals surface area contributed by atoms with Crippen molar-refractivity contribution in [1.82, 2.24) is 0 Å². The zero-order valence-electron chi connectivity index (χ0n) is 8.54. The van der Waals surface area contributed by atoms with Crippen LogP contribution in [-0.4, -0.2) is 6.04 Å². The first-order valence-electron chi connectivity index (χ1n) is 5.95. The van der Waals surface area contributed by atoms with Crippen LogP contribution in [0.1, 0.15) is 51.4 Å². The van der Waals surface area contributed by atoms with Crippen LogP contribution in [0.25, 0.3) is 0 Å². The molecule has 1 heteroatoms. The summed E-state index contributed by atoms with van der Waals surface area (Å²) in [7, 11) is 0. The lowest BCUT2D eigenvalue weighted by Crippen LogP contribution is -2.38. The molecule has 13 heavy (non-hydrogen) atoms. The molecule has 2 unspecified atom stereocenters. The van der Waals surface area contributed by atoms with Crippen molar-refractivity contribution >= 4 is 0 Å². The fraction of sp³-hybridized carbons (Fsp3) is 0.917. The van der Waals surface area contributed by atoms with Gasteiger partial charge in [0.15, 0.2) is 0 Å². The van der Waals surface area contributed by atoms with Crippen molar-refractivity contribution in [3.05, 3.63) is 6.42 Å². The van der Waals surface area contributed by atoms with E-state index in [1.807, 2.05) is 0 Å². The van der Waals surface area contributed by atoms with Gasteiger partial charge < -0.3 is 5.73 Å². The minimum atomic E-state index is 0.483. The van der Waals surface area contributed by atoms with Gasteiger partial charge in [0, 0.05) is 6.04 Å². The molecule has 0 saturated heterocycles. The van der Waals surface area contributed by atoms with E-state index in [9.17, 15) is 0 Å². The summed E-state index contributed by atoms with van der Waals surface area (Å²) in [4.78, 5) is 0. The van der Waals surface area contributed by atoms with E-state index >= 15 is 0 Å². The van der Waals surface area contributed by atoms with Crippen molar-refractivity contribution in [2.24, 2.45) is 17.6 Å². The standard InChI is InChI=1S/C12H22N/c13-12-9-5-4-8-11(12)10-6-2-1-3-7-10/h5,10-12H,1-4,6-9,13H2. The number of rotatable bonds is 1. The van der Waals surface area contributed by atoms with Crippen LogP contribution in [0.2, 0.25) is 0 Å². The Bertz CT molecular complexity index is 149. The third-order valence-electron chi connectivity index (χ3n) is 3.95. The molecule has 0 bridgehead atoms. The van der Waals surface area contributed by atoms with Gasteiger partial charge in [0.1, 0.15) is 0 Å². The van der Waals surface area contributed by atoms with Gasteiger partial charge in [-0.05, 0) is 37.5 Å². The molecule has 0 aromatic carbocycles. The highest BCUT2D eigenvalue weighted by Crippen LogP contribution is 2.37. The molecular formula is C12H22N. The van der Waals surface area contributed by atoms with E-state index in [1.54, 1.807) is 0 Å².